The van der Waals surface area contributed by atoms with Gasteiger partial charge in [-0.1, -0.05) is 48.0 Å². The second-order valence-electron chi connectivity index (χ2n) is 4.26. The van der Waals surface area contributed by atoms with E-state index in [0.717, 1.165) is 5.52 Å². The third kappa shape index (κ3) is 5.81. The van der Waals surface area contributed by atoms with E-state index >= 15 is 0 Å². The topological polar surface area (TPSA) is 38.7 Å². The maximum Gasteiger partial charge on any atom is 0.153 e. The van der Waals surface area contributed by atoms with Gasteiger partial charge in [0.15, 0.2) is 5.51 Å². The summed E-state index contributed by atoms with van der Waals surface area (Å²) in [6.07, 6.45) is 7.24. The Morgan fingerprint density at radius 3 is 2.18 bits per heavy atom. The van der Waals surface area contributed by atoms with Gasteiger partial charge in [-0.3, -0.25) is 9.97 Å². The van der Waals surface area contributed by atoms with Crippen LogP contribution in [0, 0.1) is 18.6 Å². The molecular weight excluding hydrogens is 290 g/mol. The minimum atomic E-state index is 1.04. The molecule has 0 atom stereocenters. The Kier molecular flexibility index (Phi) is 6.72. The zero-order chi connectivity index (χ0) is 15.5. The highest BCUT2D eigenvalue weighted by Crippen LogP contribution is 2.14. The molecule has 2 radical (unpaired) electrons. The zero-order valence-electron chi connectivity index (χ0n) is 12.2. The molecule has 0 bridgehead atoms. The standard InChI is InChI=1S/C7H4NS.C7H8.C4H3N2/c1-2-4-7-6(3-1)8-5-9-7;1-7-5-3-2-4-6-7;1-2-6-4-3-5-1/h1-4H;2-6H,1H3;1-3H. The first-order valence-corrected chi connectivity index (χ1v) is 7.53. The van der Waals surface area contributed by atoms with E-state index in [1.165, 1.54) is 16.5 Å². The Bertz CT molecular complexity index is 698. The van der Waals surface area contributed by atoms with Gasteiger partial charge in [0.1, 0.15) is 6.20 Å². The fraction of sp³-hybridized carbons (Fsp3) is 0.0556. The average molecular weight is 305 g/mol. The highest BCUT2D eigenvalue weighted by molar-refractivity contribution is 7.16. The predicted molar refractivity (Wildman–Crippen MR) is 90.5 cm³/mol. The summed E-state index contributed by atoms with van der Waals surface area (Å²) in [5, 5.41) is 0. The van der Waals surface area contributed by atoms with Gasteiger partial charge in [-0.2, -0.15) is 0 Å². The lowest BCUT2D eigenvalue weighted by molar-refractivity contribution is 1.19. The summed E-state index contributed by atoms with van der Waals surface area (Å²) >= 11 is 1.55. The fourth-order valence-electron chi connectivity index (χ4n) is 1.52. The summed E-state index contributed by atoms with van der Waals surface area (Å²) in [5.74, 6) is 0. The molecule has 2 heterocycles. The van der Waals surface area contributed by atoms with E-state index in [1.807, 2.05) is 42.5 Å². The molecule has 2 aromatic heterocycles. The Hall–Kier alpha value is -2.59. The van der Waals surface area contributed by atoms with Crippen LogP contribution in [0.4, 0.5) is 0 Å². The maximum atomic E-state index is 4.01. The minimum absolute atomic E-state index is 1.04. The van der Waals surface area contributed by atoms with E-state index in [-0.39, 0.29) is 0 Å². The van der Waals surface area contributed by atoms with Crippen LogP contribution in [0.5, 0.6) is 0 Å². The number of nitrogens with zero attached hydrogens (tertiary/aromatic N) is 3. The summed E-state index contributed by atoms with van der Waals surface area (Å²) in [6, 6.07) is 18.3. The number of fused-ring (bicyclic) bond motifs is 1. The highest BCUT2D eigenvalue weighted by Gasteiger charge is 1.90. The molecule has 0 amide bonds. The predicted octanol–water partition coefficient (Wildman–Crippen LogP) is 4.37. The fourth-order valence-corrected chi connectivity index (χ4v) is 2.12. The smallest absolute Gasteiger partial charge is 0.153 e. The van der Waals surface area contributed by atoms with Crippen LogP contribution >= 0.6 is 11.3 Å². The number of hydrogen-bond acceptors (Lipinski definition) is 4. The number of thiazole rings is 1. The second-order valence-corrected chi connectivity index (χ2v) is 5.09. The van der Waals surface area contributed by atoms with E-state index in [4.69, 9.17) is 0 Å². The van der Waals surface area contributed by atoms with Crippen molar-refractivity contribution in [1.29, 1.82) is 0 Å². The quantitative estimate of drug-likeness (QED) is 0.484. The van der Waals surface area contributed by atoms with Crippen LogP contribution in [0.15, 0.2) is 73.2 Å². The zero-order valence-corrected chi connectivity index (χ0v) is 13.0. The second kappa shape index (κ2) is 9.37. The number of aromatic nitrogens is 3. The van der Waals surface area contributed by atoms with Crippen LogP contribution in [0.3, 0.4) is 0 Å². The first kappa shape index (κ1) is 15.8. The van der Waals surface area contributed by atoms with Crippen LogP contribution in [-0.2, 0) is 0 Å². The lowest BCUT2D eigenvalue weighted by atomic mass is 10.2. The molecule has 22 heavy (non-hydrogen) atoms. The lowest BCUT2D eigenvalue weighted by Crippen LogP contribution is -1.67. The molecular formula is C18H15N3S. The van der Waals surface area contributed by atoms with E-state index < -0.39 is 0 Å². The van der Waals surface area contributed by atoms with Gasteiger partial charge >= 0.3 is 0 Å². The maximum absolute atomic E-state index is 4.01. The van der Waals surface area contributed by atoms with Crippen LogP contribution in [-0.4, -0.2) is 15.0 Å². The number of benzene rings is 2. The van der Waals surface area contributed by atoms with Crippen molar-refractivity contribution >= 4 is 21.6 Å². The van der Waals surface area contributed by atoms with Gasteiger partial charge in [0, 0.05) is 12.4 Å². The molecule has 0 N–H and O–H groups in total. The van der Waals surface area contributed by atoms with E-state index in [0.29, 0.717) is 0 Å². The molecule has 4 heteroatoms. The first-order chi connectivity index (χ1) is 10.9. The van der Waals surface area contributed by atoms with Crippen molar-refractivity contribution < 1.29 is 0 Å². The largest absolute Gasteiger partial charge is 0.261 e. The molecule has 3 nitrogen and oxygen atoms in total. The molecule has 0 unspecified atom stereocenters. The van der Waals surface area contributed by atoms with Crippen molar-refractivity contribution in [3.05, 3.63) is 90.5 Å². The summed E-state index contributed by atoms with van der Waals surface area (Å²) in [6.45, 7) is 2.08. The molecule has 0 aliphatic heterocycles. The van der Waals surface area contributed by atoms with Crippen molar-refractivity contribution in [2.45, 2.75) is 6.92 Å². The third-order valence-electron chi connectivity index (χ3n) is 2.56. The summed E-state index contributed by atoms with van der Waals surface area (Å²) in [4.78, 5) is 11.3. The van der Waals surface area contributed by atoms with Crippen LogP contribution in [0.1, 0.15) is 5.56 Å². The first-order valence-electron chi connectivity index (χ1n) is 6.71. The molecule has 0 spiro atoms. The molecule has 0 saturated carbocycles. The third-order valence-corrected chi connectivity index (χ3v) is 3.31. The Balaban J connectivity index is 0.000000124. The molecule has 4 rings (SSSR count). The van der Waals surface area contributed by atoms with Gasteiger partial charge in [0.2, 0.25) is 0 Å². The highest BCUT2D eigenvalue weighted by atomic mass is 32.1. The summed E-state index contributed by atoms with van der Waals surface area (Å²) in [5.41, 5.74) is 5.20. The van der Waals surface area contributed by atoms with E-state index in [2.05, 4.69) is 45.7 Å². The lowest BCUT2D eigenvalue weighted by Gasteiger charge is -1.82. The van der Waals surface area contributed by atoms with Gasteiger partial charge in [0.05, 0.1) is 16.4 Å². The SMILES string of the molecule is Cc1ccccc1.[c]1cnccn1.[c]1nc2ccccc2s1. The number of rotatable bonds is 0. The molecule has 0 saturated heterocycles. The Morgan fingerprint density at radius 2 is 1.68 bits per heavy atom. The van der Waals surface area contributed by atoms with Crippen molar-refractivity contribution in [3.8, 4) is 0 Å². The van der Waals surface area contributed by atoms with Crippen molar-refractivity contribution in [2.75, 3.05) is 0 Å². The number of para-hydroxylation sites is 1. The van der Waals surface area contributed by atoms with Crippen LogP contribution in [0.2, 0.25) is 0 Å². The van der Waals surface area contributed by atoms with Crippen LogP contribution in [0.25, 0.3) is 10.2 Å². The normalized spacial score (nSPS) is 9.14. The van der Waals surface area contributed by atoms with Crippen molar-refractivity contribution in [2.24, 2.45) is 0 Å². The van der Waals surface area contributed by atoms with Gasteiger partial charge in [-0.25, -0.2) is 4.98 Å². The van der Waals surface area contributed by atoms with Gasteiger partial charge in [0.25, 0.3) is 0 Å². The van der Waals surface area contributed by atoms with E-state index in [1.54, 1.807) is 23.7 Å². The average Bonchev–Trinajstić information content (AvgIpc) is 3.07. The Labute approximate surface area is 134 Å². The van der Waals surface area contributed by atoms with Gasteiger partial charge < -0.3 is 0 Å². The van der Waals surface area contributed by atoms with Crippen molar-refractivity contribution in [3.63, 3.8) is 0 Å². The minimum Gasteiger partial charge on any atom is -0.261 e. The molecule has 0 aliphatic rings. The monoisotopic (exact) mass is 305 g/mol. The summed E-state index contributed by atoms with van der Waals surface area (Å²) in [7, 11) is 0. The molecule has 4 aromatic rings. The van der Waals surface area contributed by atoms with Crippen LogP contribution < -0.4 is 0 Å². The van der Waals surface area contributed by atoms with Gasteiger partial charge in [-0.05, 0) is 19.1 Å². The summed E-state index contributed by atoms with van der Waals surface area (Å²) < 4.78 is 1.21. The molecule has 2 aromatic carbocycles. The van der Waals surface area contributed by atoms with Gasteiger partial charge in [-0.15, -0.1) is 11.3 Å². The van der Waals surface area contributed by atoms with E-state index in [9.17, 15) is 0 Å². The number of hydrogen-bond donors (Lipinski definition) is 0. The Morgan fingerprint density at radius 1 is 0.909 bits per heavy atom. The molecule has 0 aliphatic carbocycles. The number of aryl methyl sites for hydroxylation is 1. The molecule has 108 valence electrons. The molecule has 0 fully saturated rings. The van der Waals surface area contributed by atoms with Crippen molar-refractivity contribution in [1.82, 2.24) is 15.0 Å².